The van der Waals surface area contributed by atoms with Gasteiger partial charge in [-0.2, -0.15) is 0 Å². The molecule has 0 unspecified atom stereocenters. The van der Waals surface area contributed by atoms with Crippen LogP contribution in [-0.2, 0) is 0 Å². The highest BCUT2D eigenvalue weighted by atomic mass is 32.3. The minimum Gasteiger partial charge on any atom is -0.255 e. The molecule has 138 valence electrons. The second-order valence-electron chi connectivity index (χ2n) is 8.19. The fourth-order valence-corrected chi connectivity index (χ4v) is 4.87. The van der Waals surface area contributed by atoms with Crippen LogP contribution in [-0.4, -0.2) is 23.8 Å². The zero-order valence-electron chi connectivity index (χ0n) is 17.3. The van der Waals surface area contributed by atoms with Gasteiger partial charge >= 0.3 is 0 Å². The topological polar surface area (TPSA) is 12.9 Å². The molecule has 0 saturated heterocycles. The van der Waals surface area contributed by atoms with Crippen molar-refractivity contribution in [3.63, 3.8) is 0 Å². The van der Waals surface area contributed by atoms with E-state index in [9.17, 15) is 0 Å². The van der Waals surface area contributed by atoms with E-state index in [1.54, 1.807) is 0 Å². The molecule has 1 aromatic heterocycles. The van der Waals surface area contributed by atoms with Gasteiger partial charge in [-0.3, -0.25) is 4.98 Å². The Kier molecular flexibility index (Phi) is 6.37. The van der Waals surface area contributed by atoms with Gasteiger partial charge in [0.05, 0.1) is 5.69 Å². The minimum absolute atomic E-state index is 0.519. The van der Waals surface area contributed by atoms with E-state index in [0.717, 1.165) is 5.69 Å². The third kappa shape index (κ3) is 4.47. The van der Waals surface area contributed by atoms with E-state index in [4.69, 9.17) is 4.98 Å². The minimum atomic E-state index is -0.780. The normalized spacial score (nSPS) is 12.9. The Balaban J connectivity index is 2.59. The molecule has 25 heavy (non-hydrogen) atoms. The third-order valence-corrected chi connectivity index (χ3v) is 6.83. The molecule has 0 bridgehead atoms. The van der Waals surface area contributed by atoms with Gasteiger partial charge < -0.3 is 0 Å². The van der Waals surface area contributed by atoms with E-state index in [0.29, 0.717) is 11.8 Å². The summed E-state index contributed by atoms with van der Waals surface area (Å²) in [7, 11) is -0.780. The van der Waals surface area contributed by atoms with E-state index in [1.165, 1.54) is 40.0 Å². The molecule has 2 heteroatoms. The molecule has 0 radical (unpaired) electrons. The van der Waals surface area contributed by atoms with Crippen molar-refractivity contribution >= 4 is 10.0 Å². The maximum atomic E-state index is 4.89. The summed E-state index contributed by atoms with van der Waals surface area (Å²) < 4.78 is 0. The SMILES string of the molecule is CCC(CC)c1ccc(C)c(-c2cc(C(C)C)c(S(C)(C)C)cn2)c1. The largest absolute Gasteiger partial charge is 0.255 e. The molecular formula is C23H35NS. The lowest BCUT2D eigenvalue weighted by atomic mass is 9.90. The Bertz CT molecular complexity index is 721. The van der Waals surface area contributed by atoms with E-state index in [2.05, 4.69) is 83.8 Å². The molecule has 2 aromatic rings. The van der Waals surface area contributed by atoms with Crippen LogP contribution in [0.25, 0.3) is 11.3 Å². The Morgan fingerprint density at radius 3 is 2.16 bits per heavy atom. The van der Waals surface area contributed by atoms with Crippen LogP contribution in [0.2, 0.25) is 0 Å². The molecule has 1 heterocycles. The van der Waals surface area contributed by atoms with Crippen molar-refractivity contribution in [3.05, 3.63) is 47.2 Å². The van der Waals surface area contributed by atoms with Gasteiger partial charge in [-0.25, -0.2) is 10.0 Å². The summed E-state index contributed by atoms with van der Waals surface area (Å²) in [6, 6.07) is 9.29. The van der Waals surface area contributed by atoms with E-state index < -0.39 is 10.0 Å². The summed E-state index contributed by atoms with van der Waals surface area (Å²) >= 11 is 0. The number of rotatable bonds is 6. The van der Waals surface area contributed by atoms with Crippen molar-refractivity contribution in [3.8, 4) is 11.3 Å². The molecule has 0 saturated carbocycles. The maximum absolute atomic E-state index is 4.89. The van der Waals surface area contributed by atoms with Crippen LogP contribution in [0.5, 0.6) is 0 Å². The standard InChI is InChI=1S/C23H35NS/c1-9-18(10-2)19-12-11-17(5)21(13-19)22-14-20(16(3)4)23(15-24-22)25(6,7)8/h11-16,18H,9-10H2,1-8H3. The molecule has 0 amide bonds. The smallest absolute Gasteiger partial charge is 0.0708 e. The van der Waals surface area contributed by atoms with E-state index >= 15 is 0 Å². The van der Waals surface area contributed by atoms with Crippen molar-refractivity contribution < 1.29 is 0 Å². The average Bonchev–Trinajstić information content (AvgIpc) is 2.56. The Morgan fingerprint density at radius 2 is 1.64 bits per heavy atom. The molecule has 0 N–H and O–H groups in total. The quantitative estimate of drug-likeness (QED) is 0.535. The van der Waals surface area contributed by atoms with Gasteiger partial charge in [0.15, 0.2) is 0 Å². The predicted molar refractivity (Wildman–Crippen MR) is 115 cm³/mol. The zero-order valence-corrected chi connectivity index (χ0v) is 18.1. The Labute approximate surface area is 156 Å². The molecule has 0 aliphatic rings. The third-order valence-electron chi connectivity index (χ3n) is 5.17. The van der Waals surface area contributed by atoms with Crippen molar-refractivity contribution in [2.24, 2.45) is 0 Å². The number of hydrogen-bond acceptors (Lipinski definition) is 1. The van der Waals surface area contributed by atoms with Crippen LogP contribution in [0.1, 0.15) is 69.1 Å². The van der Waals surface area contributed by atoms with Gasteiger partial charge in [0.2, 0.25) is 0 Å². The predicted octanol–water partition coefficient (Wildman–Crippen LogP) is 7.14. The highest BCUT2D eigenvalue weighted by Gasteiger charge is 2.18. The summed E-state index contributed by atoms with van der Waals surface area (Å²) in [4.78, 5) is 6.34. The summed E-state index contributed by atoms with van der Waals surface area (Å²) in [5.74, 6) is 1.16. The monoisotopic (exact) mass is 357 g/mol. The zero-order chi connectivity index (χ0) is 18.8. The van der Waals surface area contributed by atoms with Crippen LogP contribution >= 0.6 is 10.0 Å². The van der Waals surface area contributed by atoms with Crippen molar-refractivity contribution in [1.29, 1.82) is 0 Å². The van der Waals surface area contributed by atoms with Crippen LogP contribution in [0.3, 0.4) is 0 Å². The van der Waals surface area contributed by atoms with Crippen LogP contribution in [0, 0.1) is 6.92 Å². The first-order valence-corrected chi connectivity index (χ1v) is 12.3. The van der Waals surface area contributed by atoms with Crippen molar-refractivity contribution in [2.75, 3.05) is 18.8 Å². The van der Waals surface area contributed by atoms with Crippen LogP contribution in [0.15, 0.2) is 35.4 Å². The second-order valence-corrected chi connectivity index (χ2v) is 12.3. The second kappa shape index (κ2) is 7.95. The number of hydrogen-bond donors (Lipinski definition) is 0. The molecular weight excluding hydrogens is 322 g/mol. The molecule has 1 nitrogen and oxygen atoms in total. The maximum Gasteiger partial charge on any atom is 0.0708 e. The molecule has 1 aromatic carbocycles. The fourth-order valence-electron chi connectivity index (χ4n) is 3.50. The lowest BCUT2D eigenvalue weighted by molar-refractivity contribution is 0.642. The van der Waals surface area contributed by atoms with Gasteiger partial charge in [0, 0.05) is 16.7 Å². The van der Waals surface area contributed by atoms with Crippen LogP contribution < -0.4 is 0 Å². The van der Waals surface area contributed by atoms with Gasteiger partial charge in [-0.05, 0) is 79.2 Å². The highest BCUT2D eigenvalue weighted by Crippen LogP contribution is 2.49. The fraction of sp³-hybridized carbons (Fsp3) is 0.522. The summed E-state index contributed by atoms with van der Waals surface area (Å²) in [6.07, 6.45) is 11.6. The lowest BCUT2D eigenvalue weighted by Crippen LogP contribution is -2.03. The Hall–Kier alpha value is -1.28. The molecule has 0 aliphatic heterocycles. The first-order chi connectivity index (χ1) is 11.7. The molecule has 2 rings (SSSR count). The summed E-state index contributed by atoms with van der Waals surface area (Å²) in [5.41, 5.74) is 6.64. The first kappa shape index (κ1) is 20.0. The Morgan fingerprint density at radius 1 is 1.00 bits per heavy atom. The molecule has 0 aliphatic carbocycles. The van der Waals surface area contributed by atoms with E-state index in [1.807, 2.05) is 0 Å². The lowest BCUT2D eigenvalue weighted by Gasteiger charge is -2.30. The highest BCUT2D eigenvalue weighted by molar-refractivity contribution is 8.32. The molecule has 0 spiro atoms. The number of pyridine rings is 1. The van der Waals surface area contributed by atoms with Gasteiger partial charge in [-0.15, -0.1) is 0 Å². The number of aromatic nitrogens is 1. The van der Waals surface area contributed by atoms with Crippen molar-refractivity contribution in [1.82, 2.24) is 4.98 Å². The van der Waals surface area contributed by atoms with Gasteiger partial charge in [0.25, 0.3) is 0 Å². The molecule has 0 fully saturated rings. The number of benzene rings is 1. The number of nitrogens with zero attached hydrogens (tertiary/aromatic N) is 1. The summed E-state index contributed by atoms with van der Waals surface area (Å²) in [5, 5.41) is 0. The summed E-state index contributed by atoms with van der Waals surface area (Å²) in [6.45, 7) is 11.3. The van der Waals surface area contributed by atoms with E-state index in [-0.39, 0.29) is 0 Å². The average molecular weight is 358 g/mol. The van der Waals surface area contributed by atoms with Crippen molar-refractivity contribution in [2.45, 2.75) is 64.2 Å². The van der Waals surface area contributed by atoms with Crippen LogP contribution in [0.4, 0.5) is 0 Å². The van der Waals surface area contributed by atoms with Gasteiger partial charge in [0.1, 0.15) is 0 Å². The molecule has 0 atom stereocenters. The first-order valence-electron chi connectivity index (χ1n) is 9.48. The number of aryl methyl sites for hydroxylation is 1. The van der Waals surface area contributed by atoms with Gasteiger partial charge in [-0.1, -0.05) is 39.8 Å².